The molecule has 0 spiro atoms. The van der Waals surface area contributed by atoms with Crippen LogP contribution in [0.5, 0.6) is 0 Å². The van der Waals surface area contributed by atoms with Gasteiger partial charge in [-0.1, -0.05) is 39.9 Å². The van der Waals surface area contributed by atoms with Gasteiger partial charge in [0.1, 0.15) is 8.07 Å². The molecule has 0 aliphatic carbocycles. The molecular formula is C12H28OSi2. The van der Waals surface area contributed by atoms with Crippen LogP contribution in [0.2, 0.25) is 37.8 Å². The highest BCUT2D eigenvalue weighted by Crippen LogP contribution is 2.41. The largest absolute Gasteiger partial charge is 0.552 e. The van der Waals surface area contributed by atoms with Crippen LogP contribution >= 0.6 is 0 Å². The second-order valence-electron chi connectivity index (χ2n) is 6.74. The first-order valence-electron chi connectivity index (χ1n) is 5.77. The van der Waals surface area contributed by atoms with Crippen molar-refractivity contribution in [3.8, 4) is 0 Å². The molecule has 90 valence electrons. The molecule has 0 unspecified atom stereocenters. The van der Waals surface area contributed by atoms with Gasteiger partial charge in [-0.15, -0.1) is 0 Å². The zero-order chi connectivity index (χ0) is 12.5. The minimum absolute atomic E-state index is 0.356. The summed E-state index contributed by atoms with van der Waals surface area (Å²) in [6.45, 7) is 20.7. The van der Waals surface area contributed by atoms with Gasteiger partial charge in [-0.3, -0.25) is 0 Å². The fourth-order valence-electron chi connectivity index (χ4n) is 1.25. The van der Waals surface area contributed by atoms with Gasteiger partial charge in [0, 0.05) is 0 Å². The first-order valence-corrected chi connectivity index (χ1v) is 12.2. The van der Waals surface area contributed by atoms with E-state index in [4.69, 9.17) is 4.43 Å². The Kier molecular flexibility index (Phi) is 4.45. The molecule has 0 amide bonds. The fourth-order valence-corrected chi connectivity index (χ4v) is 5.42. The highest BCUT2D eigenvalue weighted by Gasteiger charge is 2.41. The van der Waals surface area contributed by atoms with Crippen LogP contribution in [0.1, 0.15) is 27.7 Å². The first kappa shape index (κ1) is 15.0. The average Bonchev–Trinajstić information content (AvgIpc) is 1.95. The van der Waals surface area contributed by atoms with Crippen LogP contribution in [0, 0.1) is 0 Å². The normalized spacial score (nSPS) is 15.4. The maximum Gasteiger partial charge on any atom is 0.241 e. The molecule has 0 fully saturated rings. The van der Waals surface area contributed by atoms with Crippen LogP contribution in [0.4, 0.5) is 0 Å². The Hall–Kier alpha value is -0.0262. The van der Waals surface area contributed by atoms with Gasteiger partial charge in [0.2, 0.25) is 8.32 Å². The lowest BCUT2D eigenvalue weighted by molar-refractivity contribution is 0.444. The van der Waals surface area contributed by atoms with Gasteiger partial charge in [0.15, 0.2) is 0 Å². The second-order valence-corrected chi connectivity index (χ2v) is 16.4. The van der Waals surface area contributed by atoms with Gasteiger partial charge < -0.3 is 4.43 Å². The summed E-state index contributed by atoms with van der Waals surface area (Å²) in [5.41, 5.74) is 0. The van der Waals surface area contributed by atoms with E-state index in [0.29, 0.717) is 5.04 Å². The van der Waals surface area contributed by atoms with Gasteiger partial charge in [-0.05, 0) is 31.6 Å². The van der Waals surface area contributed by atoms with Crippen molar-refractivity contribution in [2.24, 2.45) is 0 Å². The maximum absolute atomic E-state index is 6.24. The van der Waals surface area contributed by atoms with Gasteiger partial charge in [0.25, 0.3) is 0 Å². The number of hydrogen-bond donors (Lipinski definition) is 0. The molecule has 0 aromatic heterocycles. The van der Waals surface area contributed by atoms with Crippen LogP contribution in [-0.2, 0) is 4.43 Å². The molecule has 0 aliphatic heterocycles. The molecule has 0 saturated carbocycles. The summed E-state index contributed by atoms with van der Waals surface area (Å²) >= 11 is 0. The van der Waals surface area contributed by atoms with Crippen LogP contribution in [0.15, 0.2) is 11.5 Å². The number of rotatable bonds is 3. The summed E-state index contributed by atoms with van der Waals surface area (Å²) in [4.78, 5) is 0. The minimum atomic E-state index is -1.47. The number of allylic oxidation sites excluding steroid dienone is 1. The minimum Gasteiger partial charge on any atom is -0.552 e. The van der Waals surface area contributed by atoms with Gasteiger partial charge in [-0.2, -0.15) is 0 Å². The first-order chi connectivity index (χ1) is 6.42. The maximum atomic E-state index is 6.24. The Morgan fingerprint density at radius 3 is 1.60 bits per heavy atom. The standard InChI is InChI=1S/C12H28OSi2/c1-10-11(13-14(5,6)7)15(8,9)12(2,3)4/h10H,1-9H3/b11-10+. The third-order valence-electron chi connectivity index (χ3n) is 3.17. The molecule has 1 nitrogen and oxygen atoms in total. The van der Waals surface area contributed by atoms with Crippen molar-refractivity contribution in [2.45, 2.75) is 65.5 Å². The van der Waals surface area contributed by atoms with Gasteiger partial charge >= 0.3 is 0 Å². The van der Waals surface area contributed by atoms with E-state index in [2.05, 4.69) is 66.5 Å². The van der Waals surface area contributed by atoms with E-state index in [1.54, 1.807) is 0 Å². The summed E-state index contributed by atoms with van der Waals surface area (Å²) in [5, 5.41) is 1.64. The van der Waals surface area contributed by atoms with Crippen LogP contribution < -0.4 is 0 Å². The molecule has 0 atom stereocenters. The van der Waals surface area contributed by atoms with E-state index in [9.17, 15) is 0 Å². The predicted molar refractivity (Wildman–Crippen MR) is 75.4 cm³/mol. The molecule has 0 rings (SSSR count). The summed E-state index contributed by atoms with van der Waals surface area (Å²) in [6.07, 6.45) is 2.19. The average molecular weight is 245 g/mol. The Morgan fingerprint density at radius 2 is 1.40 bits per heavy atom. The van der Waals surface area contributed by atoms with Crippen LogP contribution in [-0.4, -0.2) is 16.4 Å². The van der Waals surface area contributed by atoms with E-state index in [-0.39, 0.29) is 0 Å². The molecule has 0 aromatic rings. The zero-order valence-corrected chi connectivity index (χ0v) is 14.0. The third kappa shape index (κ3) is 4.15. The molecule has 3 heteroatoms. The lowest BCUT2D eigenvalue weighted by Crippen LogP contribution is -2.44. The van der Waals surface area contributed by atoms with Crippen molar-refractivity contribution in [3.63, 3.8) is 0 Å². The predicted octanol–water partition coefficient (Wildman–Crippen LogP) is 4.79. The lowest BCUT2D eigenvalue weighted by Gasteiger charge is -2.40. The molecule has 0 aliphatic rings. The van der Waals surface area contributed by atoms with Crippen molar-refractivity contribution in [1.29, 1.82) is 0 Å². The fraction of sp³-hybridized carbons (Fsp3) is 0.833. The Balaban J connectivity index is 5.02. The van der Waals surface area contributed by atoms with E-state index < -0.39 is 16.4 Å². The highest BCUT2D eigenvalue weighted by atomic mass is 28.4. The topological polar surface area (TPSA) is 9.23 Å². The molecule has 15 heavy (non-hydrogen) atoms. The Labute approximate surface area is 98.1 Å². The van der Waals surface area contributed by atoms with Crippen molar-refractivity contribution < 1.29 is 4.43 Å². The van der Waals surface area contributed by atoms with Crippen molar-refractivity contribution in [2.75, 3.05) is 0 Å². The summed E-state index contributed by atoms with van der Waals surface area (Å²) < 4.78 is 6.24. The summed E-state index contributed by atoms with van der Waals surface area (Å²) in [6, 6.07) is 0. The molecule has 0 bridgehead atoms. The van der Waals surface area contributed by atoms with E-state index in [1.165, 1.54) is 5.38 Å². The summed E-state index contributed by atoms with van der Waals surface area (Å²) in [5.74, 6) is 0. The zero-order valence-electron chi connectivity index (χ0n) is 12.0. The van der Waals surface area contributed by atoms with E-state index >= 15 is 0 Å². The molecule has 0 saturated heterocycles. The third-order valence-corrected chi connectivity index (χ3v) is 9.58. The molecule has 0 N–H and O–H groups in total. The SMILES string of the molecule is C/C=C(\O[Si](C)(C)C)[Si](C)(C)C(C)(C)C. The molecule has 0 radical (unpaired) electrons. The summed E-state index contributed by atoms with van der Waals surface area (Å²) in [7, 11) is -2.93. The van der Waals surface area contributed by atoms with Crippen LogP contribution in [0.3, 0.4) is 0 Å². The van der Waals surface area contributed by atoms with Crippen molar-refractivity contribution in [1.82, 2.24) is 0 Å². The monoisotopic (exact) mass is 244 g/mol. The van der Waals surface area contributed by atoms with Crippen molar-refractivity contribution in [3.05, 3.63) is 11.5 Å². The number of hydrogen-bond acceptors (Lipinski definition) is 1. The van der Waals surface area contributed by atoms with Crippen LogP contribution in [0.25, 0.3) is 0 Å². The Morgan fingerprint density at radius 1 is 1.00 bits per heavy atom. The molecule has 0 heterocycles. The quantitative estimate of drug-likeness (QED) is 0.512. The lowest BCUT2D eigenvalue weighted by atomic mass is 10.2. The molecule has 0 aromatic carbocycles. The Bertz CT molecular complexity index is 241. The van der Waals surface area contributed by atoms with Crippen molar-refractivity contribution >= 4 is 16.4 Å². The van der Waals surface area contributed by atoms with Gasteiger partial charge in [-0.25, -0.2) is 0 Å². The smallest absolute Gasteiger partial charge is 0.241 e. The highest BCUT2D eigenvalue weighted by molar-refractivity contribution is 6.87. The van der Waals surface area contributed by atoms with E-state index in [1.807, 2.05) is 0 Å². The van der Waals surface area contributed by atoms with Gasteiger partial charge in [0.05, 0.1) is 5.38 Å². The second kappa shape index (κ2) is 4.46. The van der Waals surface area contributed by atoms with E-state index in [0.717, 1.165) is 0 Å². The molecular weight excluding hydrogens is 216 g/mol.